The molecule has 45 heteroatoms. The summed E-state index contributed by atoms with van der Waals surface area (Å²) in [6.45, 7) is 0. The highest BCUT2D eigenvalue weighted by Crippen LogP contribution is 2.71. The second-order valence-electron chi connectivity index (χ2n) is 12.6. The van der Waals surface area contributed by atoms with Crippen molar-refractivity contribution in [2.45, 2.75) is 125 Å². The van der Waals surface area contributed by atoms with Crippen LogP contribution in [0.4, 0.5) is 180 Å². The maximum atomic E-state index is 14.0. The molecule has 0 heterocycles. The van der Waals surface area contributed by atoms with E-state index in [0.717, 1.165) is 0 Å². The quantitative estimate of drug-likeness (QED) is 0.0920. The van der Waals surface area contributed by atoms with Crippen molar-refractivity contribution in [3.8, 4) is 0 Å². The summed E-state index contributed by atoms with van der Waals surface area (Å²) < 4.78 is 589. The number of alkyl halides is 41. The van der Waals surface area contributed by atoms with Gasteiger partial charge in [0, 0.05) is 6.42 Å². The van der Waals surface area contributed by atoms with Crippen molar-refractivity contribution in [2.24, 2.45) is 0 Å². The first-order valence-corrected chi connectivity index (χ1v) is 15.8. The van der Waals surface area contributed by atoms with Crippen LogP contribution in [0.5, 0.6) is 0 Å². The zero-order chi connectivity index (χ0) is 55.9. The maximum Gasteiger partial charge on any atom is 0.460 e. The fraction of sp³-hybridized carbons (Fsp3) is 1.00. The maximum absolute atomic E-state index is 14.0. The van der Waals surface area contributed by atoms with Gasteiger partial charge in [-0.3, -0.25) is 4.55 Å². The van der Waals surface area contributed by atoms with Gasteiger partial charge in [0.2, 0.25) is 0 Å². The summed E-state index contributed by atoms with van der Waals surface area (Å²) in [7, 11) is -6.26. The highest BCUT2D eigenvalue weighted by molar-refractivity contribution is 7.85. The van der Waals surface area contributed by atoms with E-state index in [9.17, 15) is 188 Å². The van der Waals surface area contributed by atoms with Crippen LogP contribution in [-0.4, -0.2) is 137 Å². The Hall–Kier alpha value is -2.96. The van der Waals surface area contributed by atoms with Crippen LogP contribution in [0.3, 0.4) is 0 Å². The van der Waals surface area contributed by atoms with Gasteiger partial charge < -0.3 is 0 Å². The lowest BCUT2D eigenvalue weighted by Gasteiger charge is -2.47. The number of rotatable bonds is 21. The molecule has 0 radical (unpaired) electrons. The predicted molar refractivity (Wildman–Crippen MR) is 121 cm³/mol. The molecular weight excluding hydrogens is 1120 g/mol. The lowest BCUT2D eigenvalue weighted by atomic mass is 9.81. The molecule has 3 nitrogen and oxygen atoms in total. The van der Waals surface area contributed by atoms with Gasteiger partial charge in [0.15, 0.2) is 0 Å². The van der Waals surface area contributed by atoms with Crippen LogP contribution in [0.25, 0.3) is 0 Å². The number of halogens is 41. The minimum Gasteiger partial charge on any atom is -0.286 e. The molecule has 0 aliphatic rings. The first-order valence-electron chi connectivity index (χ1n) is 14.2. The molecule has 0 saturated heterocycles. The van der Waals surface area contributed by atoms with E-state index in [1.807, 2.05) is 0 Å². The highest BCUT2D eigenvalue weighted by Gasteiger charge is 3.03. The third-order valence-electron chi connectivity index (χ3n) is 8.19. The Kier molecular flexibility index (Phi) is 14.8. The van der Waals surface area contributed by atoms with Crippen molar-refractivity contribution >= 4 is 10.1 Å². The summed E-state index contributed by atoms with van der Waals surface area (Å²) in [6, 6.07) is 0. The third kappa shape index (κ3) is 7.67. The lowest BCUT2D eigenvalue weighted by molar-refractivity contribution is -0.495. The smallest absolute Gasteiger partial charge is 0.286 e. The first-order chi connectivity index (χ1) is 28.0. The molecule has 0 aromatic heterocycles. The lowest BCUT2D eigenvalue weighted by Crippen LogP contribution is -2.80. The van der Waals surface area contributed by atoms with Gasteiger partial charge in [0.25, 0.3) is 10.1 Å². The molecule has 0 bridgehead atoms. The Labute approximate surface area is 335 Å². The molecule has 0 amide bonds. The fourth-order valence-corrected chi connectivity index (χ4v) is 4.49. The molecule has 0 rings (SSSR count). The Morgan fingerprint density at radius 2 is 0.343 bits per heavy atom. The molecular formula is C22H5F41O3S. The largest absolute Gasteiger partial charge is 0.460 e. The van der Waals surface area contributed by atoms with Crippen LogP contribution in [0.15, 0.2) is 0 Å². The second-order valence-corrected chi connectivity index (χ2v) is 14.1. The standard InChI is InChI=1S/C22H5F41O3S/c23-3(24,1-2-67(64,65)66)4(25,26)5(27,28)6(29,30)7(31,32)8(33,34)9(35,36)10(37,38)11(39,40)12(41,42)13(43,44)14(45,46)15(47,48)16(49,50)17(51,52)18(53,54)19(55,56)20(57,58)21(59,60)22(61,62)63/h1-2H2,(H,64,65,66). The second kappa shape index (κ2) is 15.5. The summed E-state index contributed by atoms with van der Waals surface area (Å²) >= 11 is 0. The van der Waals surface area contributed by atoms with Crippen molar-refractivity contribution in [3.05, 3.63) is 0 Å². The van der Waals surface area contributed by atoms with E-state index in [0.29, 0.717) is 0 Å². The molecule has 0 saturated carbocycles. The summed E-state index contributed by atoms with van der Waals surface area (Å²) in [5, 5.41) is 0. The molecule has 67 heavy (non-hydrogen) atoms. The van der Waals surface area contributed by atoms with Crippen molar-refractivity contribution in [1.29, 1.82) is 0 Å². The van der Waals surface area contributed by atoms with E-state index in [1.54, 1.807) is 0 Å². The SMILES string of the molecule is O=S(=O)(O)CCC(F)(F)C(F)(F)C(F)(F)C(F)(F)C(F)(F)C(F)(F)C(F)(F)C(F)(F)C(F)(F)C(F)(F)C(F)(F)C(F)(F)C(F)(F)C(F)(F)C(F)(F)C(F)(F)C(F)(F)C(F)(F)C(F)(F)C(F)(F)F. The Bertz CT molecular complexity index is 1920. The van der Waals surface area contributed by atoms with Gasteiger partial charge in [0.05, 0.1) is 5.75 Å². The Morgan fingerprint density at radius 1 is 0.224 bits per heavy atom. The van der Waals surface area contributed by atoms with Crippen LogP contribution in [0, 0.1) is 0 Å². The van der Waals surface area contributed by atoms with Gasteiger partial charge in [0.1, 0.15) is 0 Å². The summed E-state index contributed by atoms with van der Waals surface area (Å²) in [4.78, 5) is 0. The van der Waals surface area contributed by atoms with Crippen LogP contribution < -0.4 is 0 Å². The van der Waals surface area contributed by atoms with Gasteiger partial charge in [-0.05, 0) is 0 Å². The zero-order valence-electron chi connectivity index (χ0n) is 28.6. The summed E-state index contributed by atoms with van der Waals surface area (Å²) in [5.74, 6) is -193. The van der Waals surface area contributed by atoms with Crippen LogP contribution in [-0.2, 0) is 10.1 Å². The molecule has 0 aromatic rings. The molecule has 0 fully saturated rings. The van der Waals surface area contributed by atoms with E-state index in [2.05, 4.69) is 0 Å². The minimum absolute atomic E-state index is 3.14. The zero-order valence-corrected chi connectivity index (χ0v) is 29.4. The van der Waals surface area contributed by atoms with Crippen molar-refractivity contribution < 1.29 is 193 Å². The van der Waals surface area contributed by atoms with E-state index < -0.39 is 141 Å². The monoisotopic (exact) mass is 1130 g/mol. The number of hydrogen-bond donors (Lipinski definition) is 1. The van der Waals surface area contributed by atoms with E-state index >= 15 is 0 Å². The van der Waals surface area contributed by atoms with Crippen LogP contribution in [0.2, 0.25) is 0 Å². The van der Waals surface area contributed by atoms with Crippen molar-refractivity contribution in [1.82, 2.24) is 0 Å². The van der Waals surface area contributed by atoms with E-state index in [4.69, 9.17) is 4.55 Å². The summed E-state index contributed by atoms with van der Waals surface area (Å²) in [5.41, 5.74) is 0. The molecule has 0 aromatic carbocycles. The van der Waals surface area contributed by atoms with Gasteiger partial charge in [-0.25, -0.2) is 0 Å². The Balaban J connectivity index is 7.97. The van der Waals surface area contributed by atoms with Gasteiger partial charge in [-0.15, -0.1) is 0 Å². The van der Waals surface area contributed by atoms with Gasteiger partial charge in [-0.2, -0.15) is 188 Å². The van der Waals surface area contributed by atoms with E-state index in [-0.39, 0.29) is 0 Å². The molecule has 0 aliphatic carbocycles. The minimum atomic E-state index is -10.7. The fourth-order valence-electron chi connectivity index (χ4n) is 3.98. The molecule has 404 valence electrons. The highest BCUT2D eigenvalue weighted by atomic mass is 32.2. The van der Waals surface area contributed by atoms with Gasteiger partial charge in [-0.1, -0.05) is 0 Å². The number of hydrogen-bond acceptors (Lipinski definition) is 2. The predicted octanol–water partition coefficient (Wildman–Crippen LogP) is 12.9. The molecule has 0 spiro atoms. The van der Waals surface area contributed by atoms with Crippen molar-refractivity contribution in [2.75, 3.05) is 5.75 Å². The average molecular weight is 1130 g/mol. The third-order valence-corrected chi connectivity index (χ3v) is 8.91. The molecule has 0 aliphatic heterocycles. The Morgan fingerprint density at radius 3 is 0.463 bits per heavy atom. The van der Waals surface area contributed by atoms with Gasteiger partial charge >= 0.3 is 119 Å². The van der Waals surface area contributed by atoms with E-state index in [1.165, 1.54) is 0 Å². The topological polar surface area (TPSA) is 54.4 Å². The normalized spacial score (nSPS) is 17.3. The molecule has 1 N–H and O–H groups in total. The summed E-state index contributed by atoms with van der Waals surface area (Å²) in [6.07, 6.45) is -12.4. The molecule has 0 atom stereocenters. The first kappa shape index (κ1) is 64.0. The van der Waals surface area contributed by atoms with Crippen LogP contribution >= 0.6 is 0 Å². The van der Waals surface area contributed by atoms with Crippen LogP contribution in [0.1, 0.15) is 6.42 Å². The average Bonchev–Trinajstić information content (AvgIpc) is 3.08. The molecule has 0 unspecified atom stereocenters. The van der Waals surface area contributed by atoms with Crippen molar-refractivity contribution in [3.63, 3.8) is 0 Å².